The number of imidazole rings is 1. The molecular formula is C15H14N4O4. The van der Waals surface area contributed by atoms with Gasteiger partial charge in [-0.2, -0.15) is 0 Å². The number of carbonyl (C=O) groups is 1. The first-order chi connectivity index (χ1) is 11.0. The van der Waals surface area contributed by atoms with Crippen molar-refractivity contribution in [2.45, 2.75) is 13.8 Å². The summed E-state index contributed by atoms with van der Waals surface area (Å²) in [6.07, 6.45) is 1.22. The van der Waals surface area contributed by atoms with E-state index < -0.39 is 5.97 Å². The Balaban J connectivity index is 2.14. The number of hydrogen-bond acceptors (Lipinski definition) is 6. The highest BCUT2D eigenvalue weighted by molar-refractivity contribution is 5.91. The molecule has 0 aliphatic heterocycles. The number of rotatable bonds is 3. The smallest absolute Gasteiger partial charge is 0.356 e. The van der Waals surface area contributed by atoms with E-state index in [0.29, 0.717) is 17.1 Å². The predicted molar refractivity (Wildman–Crippen MR) is 82.3 cm³/mol. The molecule has 0 saturated heterocycles. The van der Waals surface area contributed by atoms with E-state index >= 15 is 0 Å². The van der Waals surface area contributed by atoms with Gasteiger partial charge in [0.1, 0.15) is 22.8 Å². The lowest BCUT2D eigenvalue weighted by Gasteiger charge is -2.03. The number of nitrogens with zero attached hydrogens (tertiary/aromatic N) is 2. The average Bonchev–Trinajstić information content (AvgIpc) is 2.90. The molecule has 3 rings (SSSR count). The van der Waals surface area contributed by atoms with Gasteiger partial charge in [0, 0.05) is 5.56 Å². The third-order valence-electron chi connectivity index (χ3n) is 3.36. The van der Waals surface area contributed by atoms with Crippen LogP contribution in [0.2, 0.25) is 0 Å². The fourth-order valence-corrected chi connectivity index (χ4v) is 2.30. The number of esters is 1. The summed E-state index contributed by atoms with van der Waals surface area (Å²) in [5.41, 5.74) is 0.999. The van der Waals surface area contributed by atoms with Gasteiger partial charge in [0.15, 0.2) is 0 Å². The third-order valence-corrected chi connectivity index (χ3v) is 3.36. The highest BCUT2D eigenvalue weighted by Gasteiger charge is 2.17. The minimum Gasteiger partial charge on any atom is -0.506 e. The summed E-state index contributed by atoms with van der Waals surface area (Å²) < 4.78 is 4.95. The number of aromatic hydroxyl groups is 1. The Labute approximate surface area is 130 Å². The number of benzene rings is 1. The van der Waals surface area contributed by atoms with Crippen LogP contribution in [0.25, 0.3) is 22.3 Å². The van der Waals surface area contributed by atoms with Gasteiger partial charge < -0.3 is 19.8 Å². The zero-order valence-electron chi connectivity index (χ0n) is 12.5. The Morgan fingerprint density at radius 3 is 2.91 bits per heavy atom. The highest BCUT2D eigenvalue weighted by atomic mass is 16.5. The second-order valence-electron chi connectivity index (χ2n) is 4.89. The molecule has 23 heavy (non-hydrogen) atoms. The van der Waals surface area contributed by atoms with Crippen molar-refractivity contribution in [2.24, 2.45) is 0 Å². The number of hydrogen-bond donors (Lipinski definition) is 3. The zero-order valence-corrected chi connectivity index (χ0v) is 12.5. The van der Waals surface area contributed by atoms with Crippen LogP contribution in [0.15, 0.2) is 23.3 Å². The van der Waals surface area contributed by atoms with Gasteiger partial charge >= 0.3 is 5.97 Å². The van der Waals surface area contributed by atoms with Gasteiger partial charge in [-0.15, -0.1) is 0 Å². The summed E-state index contributed by atoms with van der Waals surface area (Å²) in [6, 6.07) is 2.98. The second kappa shape index (κ2) is 5.56. The van der Waals surface area contributed by atoms with E-state index in [4.69, 9.17) is 4.74 Å². The minimum absolute atomic E-state index is 0.143. The number of carbonyl (C=O) groups excluding carboxylic acids is 1. The Bertz CT molecular complexity index is 958. The molecule has 8 heteroatoms. The number of aryl methyl sites for hydroxylation is 1. The van der Waals surface area contributed by atoms with Gasteiger partial charge in [-0.25, -0.2) is 14.8 Å². The summed E-state index contributed by atoms with van der Waals surface area (Å²) >= 11 is 0. The van der Waals surface area contributed by atoms with Crippen molar-refractivity contribution < 1.29 is 14.6 Å². The maximum atomic E-state index is 11.9. The quantitative estimate of drug-likeness (QED) is 0.630. The summed E-state index contributed by atoms with van der Waals surface area (Å²) in [5.74, 6) is -0.297. The fourth-order valence-electron chi connectivity index (χ4n) is 2.30. The van der Waals surface area contributed by atoms with Gasteiger partial charge in [0.05, 0.1) is 24.0 Å². The van der Waals surface area contributed by atoms with Crippen molar-refractivity contribution in [3.8, 4) is 17.1 Å². The van der Waals surface area contributed by atoms with Crippen molar-refractivity contribution in [1.29, 1.82) is 0 Å². The zero-order chi connectivity index (χ0) is 16.6. The summed E-state index contributed by atoms with van der Waals surface area (Å²) in [4.78, 5) is 37.2. The number of phenols is 1. The summed E-state index contributed by atoms with van der Waals surface area (Å²) in [7, 11) is 0. The molecule has 0 fully saturated rings. The Kier molecular flexibility index (Phi) is 3.57. The van der Waals surface area contributed by atoms with Gasteiger partial charge in [0.25, 0.3) is 5.56 Å². The molecule has 0 aliphatic rings. The fraction of sp³-hybridized carbons (Fsp3) is 0.200. The van der Waals surface area contributed by atoms with Crippen LogP contribution in [0.3, 0.4) is 0 Å². The maximum Gasteiger partial charge on any atom is 0.356 e. The van der Waals surface area contributed by atoms with Crippen molar-refractivity contribution >= 4 is 16.9 Å². The molecule has 8 nitrogen and oxygen atoms in total. The lowest BCUT2D eigenvalue weighted by Crippen LogP contribution is -2.07. The van der Waals surface area contributed by atoms with E-state index in [1.807, 2.05) is 0 Å². The SMILES string of the molecule is CCOC(=O)c1[nH]c(-c2cc(O)c3nc[nH]c(=O)c3c2)nc1C. The van der Waals surface area contributed by atoms with E-state index in [0.717, 1.165) is 0 Å². The first-order valence-corrected chi connectivity index (χ1v) is 6.95. The van der Waals surface area contributed by atoms with Crippen LogP contribution in [0, 0.1) is 6.92 Å². The van der Waals surface area contributed by atoms with Gasteiger partial charge in [-0.1, -0.05) is 0 Å². The van der Waals surface area contributed by atoms with Crippen LogP contribution in [-0.4, -0.2) is 37.6 Å². The minimum atomic E-state index is -0.506. The monoisotopic (exact) mass is 314 g/mol. The standard InChI is InChI=1S/C15H14N4O4/c1-3-23-15(22)11-7(2)18-13(19-11)8-4-9-12(10(20)5-8)16-6-17-14(9)21/h4-6,20H,3H2,1-2H3,(H,18,19)(H,16,17,21). The van der Waals surface area contributed by atoms with Crippen molar-refractivity contribution in [1.82, 2.24) is 19.9 Å². The Morgan fingerprint density at radius 2 is 2.17 bits per heavy atom. The van der Waals surface area contributed by atoms with E-state index in [1.54, 1.807) is 19.9 Å². The molecule has 0 amide bonds. The van der Waals surface area contributed by atoms with Crippen LogP contribution in [0.4, 0.5) is 0 Å². The molecule has 0 aliphatic carbocycles. The van der Waals surface area contributed by atoms with Gasteiger partial charge in [-0.05, 0) is 26.0 Å². The molecule has 2 aromatic heterocycles. The third kappa shape index (κ3) is 2.54. The van der Waals surface area contributed by atoms with E-state index in [9.17, 15) is 14.7 Å². The van der Waals surface area contributed by atoms with Crippen LogP contribution in [0.5, 0.6) is 5.75 Å². The number of aromatic nitrogens is 4. The molecule has 118 valence electrons. The number of H-pyrrole nitrogens is 2. The molecule has 0 atom stereocenters. The number of ether oxygens (including phenoxy) is 1. The van der Waals surface area contributed by atoms with Gasteiger partial charge in [0.2, 0.25) is 0 Å². The molecule has 0 bridgehead atoms. The van der Waals surface area contributed by atoms with Crippen LogP contribution < -0.4 is 5.56 Å². The molecule has 0 spiro atoms. The summed E-state index contributed by atoms with van der Waals surface area (Å²) in [6.45, 7) is 3.64. The number of fused-ring (bicyclic) bond motifs is 1. The van der Waals surface area contributed by atoms with E-state index in [-0.39, 0.29) is 34.5 Å². The lowest BCUT2D eigenvalue weighted by atomic mass is 10.1. The Hall–Kier alpha value is -3.16. The molecule has 1 aromatic carbocycles. The van der Waals surface area contributed by atoms with Crippen LogP contribution in [-0.2, 0) is 4.74 Å². The molecular weight excluding hydrogens is 300 g/mol. The normalized spacial score (nSPS) is 10.9. The topological polar surface area (TPSA) is 121 Å². The maximum absolute atomic E-state index is 11.9. The molecule has 3 N–H and O–H groups in total. The summed E-state index contributed by atoms with van der Waals surface area (Å²) in [5, 5.41) is 10.3. The molecule has 0 radical (unpaired) electrons. The first kappa shape index (κ1) is 14.8. The lowest BCUT2D eigenvalue weighted by molar-refractivity contribution is 0.0519. The van der Waals surface area contributed by atoms with Crippen molar-refractivity contribution in [2.75, 3.05) is 6.61 Å². The molecule has 2 heterocycles. The number of aromatic amines is 2. The average molecular weight is 314 g/mol. The molecule has 0 unspecified atom stereocenters. The van der Waals surface area contributed by atoms with Crippen LogP contribution >= 0.6 is 0 Å². The number of nitrogens with one attached hydrogen (secondary N) is 2. The second-order valence-corrected chi connectivity index (χ2v) is 4.89. The largest absolute Gasteiger partial charge is 0.506 e. The van der Waals surface area contributed by atoms with Crippen LogP contribution in [0.1, 0.15) is 23.1 Å². The van der Waals surface area contributed by atoms with Crippen molar-refractivity contribution in [3.63, 3.8) is 0 Å². The van der Waals surface area contributed by atoms with E-state index in [1.165, 1.54) is 12.4 Å². The first-order valence-electron chi connectivity index (χ1n) is 6.95. The van der Waals surface area contributed by atoms with Gasteiger partial charge in [-0.3, -0.25) is 4.79 Å². The molecule has 3 aromatic rings. The Morgan fingerprint density at radius 1 is 1.39 bits per heavy atom. The highest BCUT2D eigenvalue weighted by Crippen LogP contribution is 2.28. The predicted octanol–water partition coefficient (Wildman–Crippen LogP) is 1.50. The van der Waals surface area contributed by atoms with E-state index in [2.05, 4.69) is 19.9 Å². The molecule has 0 saturated carbocycles. The number of phenolic OH excluding ortho intramolecular Hbond substituents is 1. The van der Waals surface area contributed by atoms with Crippen molar-refractivity contribution in [3.05, 3.63) is 40.2 Å².